The first-order valence-electron chi connectivity index (χ1n) is 24.6. The Bertz CT molecular complexity index is 1560. The minimum Gasteiger partial charge on any atom is -0.457 e. The van der Waals surface area contributed by atoms with Crippen LogP contribution in [0.25, 0.3) is 0 Å². The smallest absolute Gasteiger partial charge is 0.397 e. The van der Waals surface area contributed by atoms with E-state index < -0.39 is 59.8 Å². The summed E-state index contributed by atoms with van der Waals surface area (Å²) in [6.07, 6.45) is 51.1. The summed E-state index contributed by atoms with van der Waals surface area (Å²) in [4.78, 5) is 12.9. The standard InChI is InChI=1S/C53H86O12S/c1-3-5-7-9-11-13-15-17-19-21-23-25-27-29-31-33-35-37-39-41-43-61-45-47(46-62-53-51(57)52(65-66(58,59)60)50(56)48(44-54)64-53)63-49(55)42-40-38-36-34-32-30-28-26-24-22-20-18-16-14-12-10-8-6-4-2/h5-8,11-14,17-20,23-26,30,32,47-48,50-54,56-57H,3-4,9-10,15-16,21-22,27-29,31,33-46H2,1-2H3,(H,58,59,60)/b7-5-,8-6-,13-11-,14-12-,19-17-,20-18-,25-23-,26-24-,32-30-. The summed E-state index contributed by atoms with van der Waals surface area (Å²) in [5.74, 6) is -0.439. The number of esters is 1. The van der Waals surface area contributed by atoms with Gasteiger partial charge in [-0.3, -0.25) is 9.35 Å². The molecular formula is C53H86O12S. The zero-order valence-electron chi connectivity index (χ0n) is 40.2. The molecule has 0 aromatic heterocycles. The zero-order valence-corrected chi connectivity index (χ0v) is 41.0. The van der Waals surface area contributed by atoms with Crippen LogP contribution in [0.1, 0.15) is 155 Å². The van der Waals surface area contributed by atoms with Crippen LogP contribution in [-0.2, 0) is 38.3 Å². The van der Waals surface area contributed by atoms with Crippen molar-refractivity contribution in [2.24, 2.45) is 0 Å². The van der Waals surface area contributed by atoms with Crippen LogP contribution in [0.15, 0.2) is 109 Å². The molecule has 6 atom stereocenters. The molecule has 1 fully saturated rings. The van der Waals surface area contributed by atoms with Crippen molar-refractivity contribution in [3.05, 3.63) is 109 Å². The Morgan fingerprint density at radius 3 is 1.45 bits per heavy atom. The number of hydrogen-bond acceptors (Lipinski definition) is 11. The Morgan fingerprint density at radius 2 is 1.00 bits per heavy atom. The molecule has 0 spiro atoms. The largest absolute Gasteiger partial charge is 0.457 e. The van der Waals surface area contributed by atoms with E-state index in [2.05, 4.69) is 127 Å². The lowest BCUT2D eigenvalue weighted by Gasteiger charge is -2.41. The van der Waals surface area contributed by atoms with Crippen molar-refractivity contribution in [2.45, 2.75) is 192 Å². The molecule has 1 rings (SSSR count). The normalized spacial score (nSPS) is 20.5. The van der Waals surface area contributed by atoms with Gasteiger partial charge in [0.1, 0.15) is 30.5 Å². The molecule has 0 amide bonds. The van der Waals surface area contributed by atoms with Gasteiger partial charge >= 0.3 is 16.4 Å². The van der Waals surface area contributed by atoms with Crippen molar-refractivity contribution >= 4 is 16.4 Å². The summed E-state index contributed by atoms with van der Waals surface area (Å²) in [6, 6.07) is 0. The number of carbonyl (C=O) groups is 1. The molecule has 0 saturated carbocycles. The van der Waals surface area contributed by atoms with E-state index in [4.69, 9.17) is 18.9 Å². The lowest BCUT2D eigenvalue weighted by molar-refractivity contribution is -0.301. The van der Waals surface area contributed by atoms with E-state index in [1.807, 2.05) is 0 Å². The van der Waals surface area contributed by atoms with Gasteiger partial charge in [-0.25, -0.2) is 4.18 Å². The minimum absolute atomic E-state index is 0.00687. The molecule has 13 heteroatoms. The van der Waals surface area contributed by atoms with Crippen molar-refractivity contribution in [1.82, 2.24) is 0 Å². The van der Waals surface area contributed by atoms with Crippen molar-refractivity contribution in [3.8, 4) is 0 Å². The Hall–Kier alpha value is -3.24. The predicted octanol–water partition coefficient (Wildman–Crippen LogP) is 11.2. The number of aliphatic hydroxyl groups is 3. The van der Waals surface area contributed by atoms with E-state index in [1.165, 1.54) is 19.3 Å². The number of allylic oxidation sites excluding steroid dienone is 18. The maximum Gasteiger partial charge on any atom is 0.397 e. The molecule has 0 aromatic rings. The van der Waals surface area contributed by atoms with Crippen LogP contribution in [0.2, 0.25) is 0 Å². The average molecular weight is 947 g/mol. The third-order valence-corrected chi connectivity index (χ3v) is 10.9. The molecule has 66 heavy (non-hydrogen) atoms. The quantitative estimate of drug-likeness (QED) is 0.0198. The highest BCUT2D eigenvalue weighted by molar-refractivity contribution is 7.80. The van der Waals surface area contributed by atoms with Gasteiger partial charge in [-0.15, -0.1) is 0 Å². The molecule has 4 N–H and O–H groups in total. The van der Waals surface area contributed by atoms with Gasteiger partial charge in [0.15, 0.2) is 6.29 Å². The first-order chi connectivity index (χ1) is 32.1. The summed E-state index contributed by atoms with van der Waals surface area (Å²) in [5.41, 5.74) is 0. The summed E-state index contributed by atoms with van der Waals surface area (Å²) in [5, 5.41) is 30.7. The second-order valence-corrected chi connectivity index (χ2v) is 17.3. The van der Waals surface area contributed by atoms with Crippen LogP contribution >= 0.6 is 0 Å². The van der Waals surface area contributed by atoms with Crippen molar-refractivity contribution in [3.63, 3.8) is 0 Å². The van der Waals surface area contributed by atoms with Crippen LogP contribution in [0.5, 0.6) is 0 Å². The van der Waals surface area contributed by atoms with E-state index in [0.717, 1.165) is 109 Å². The Labute approximate surface area is 398 Å². The highest BCUT2D eigenvalue weighted by Gasteiger charge is 2.48. The first kappa shape index (κ1) is 60.8. The van der Waals surface area contributed by atoms with Crippen LogP contribution < -0.4 is 0 Å². The maximum absolute atomic E-state index is 12.9. The Morgan fingerprint density at radius 1 is 0.576 bits per heavy atom. The third kappa shape index (κ3) is 35.9. The SMILES string of the molecule is CC/C=C\C/C=C\C/C=C\C/C=C\C/C=C\CCCCCC(=O)OC(COCCCCCCCCC/C=C\C/C=C\C/C=C\C/C=C\CC)COC1OC(CO)C(O)C(OS(=O)(=O)O)C1O. The van der Waals surface area contributed by atoms with Crippen molar-refractivity contribution in [1.29, 1.82) is 0 Å². The van der Waals surface area contributed by atoms with E-state index in [1.54, 1.807) is 0 Å². The number of carbonyl (C=O) groups excluding carboxylic acids is 1. The number of aliphatic hydroxyl groups excluding tert-OH is 3. The summed E-state index contributed by atoms with van der Waals surface area (Å²) in [6.45, 7) is 3.67. The molecule has 6 unspecified atom stereocenters. The fourth-order valence-electron chi connectivity index (χ4n) is 6.75. The minimum atomic E-state index is -5.08. The Kier molecular flexibility index (Phi) is 39.7. The number of ether oxygens (including phenoxy) is 4. The van der Waals surface area contributed by atoms with Gasteiger partial charge in [0, 0.05) is 13.0 Å². The fraction of sp³-hybridized carbons (Fsp3) is 0.642. The van der Waals surface area contributed by atoms with Crippen molar-refractivity contribution in [2.75, 3.05) is 26.4 Å². The molecule has 12 nitrogen and oxygen atoms in total. The average Bonchev–Trinajstić information content (AvgIpc) is 3.29. The molecule has 376 valence electrons. The van der Waals surface area contributed by atoms with Gasteiger partial charge in [-0.2, -0.15) is 8.42 Å². The van der Waals surface area contributed by atoms with E-state index in [-0.39, 0.29) is 19.6 Å². The lowest BCUT2D eigenvalue weighted by atomic mass is 9.99. The zero-order chi connectivity index (χ0) is 48.2. The molecule has 1 saturated heterocycles. The predicted molar refractivity (Wildman–Crippen MR) is 266 cm³/mol. The van der Waals surface area contributed by atoms with E-state index in [0.29, 0.717) is 13.0 Å². The second kappa shape index (κ2) is 43.1. The molecule has 1 aliphatic rings. The van der Waals surface area contributed by atoms with Crippen molar-refractivity contribution < 1.29 is 56.2 Å². The number of hydrogen-bond donors (Lipinski definition) is 4. The van der Waals surface area contributed by atoms with Gasteiger partial charge in [0.05, 0.1) is 19.8 Å². The molecule has 1 aliphatic heterocycles. The summed E-state index contributed by atoms with van der Waals surface area (Å²) >= 11 is 0. The van der Waals surface area contributed by atoms with Gasteiger partial charge < -0.3 is 34.3 Å². The molecule has 0 radical (unpaired) electrons. The van der Waals surface area contributed by atoms with Gasteiger partial charge in [-0.05, 0) is 96.3 Å². The molecule has 0 aromatic carbocycles. The van der Waals surface area contributed by atoms with Gasteiger partial charge in [-0.1, -0.05) is 162 Å². The van der Waals surface area contributed by atoms with E-state index >= 15 is 0 Å². The van der Waals surface area contributed by atoms with Crippen LogP contribution in [0.3, 0.4) is 0 Å². The molecule has 1 heterocycles. The third-order valence-electron chi connectivity index (χ3n) is 10.4. The molecular weight excluding hydrogens is 861 g/mol. The topological polar surface area (TPSA) is 178 Å². The number of unbranched alkanes of at least 4 members (excludes halogenated alkanes) is 10. The van der Waals surface area contributed by atoms with Crippen LogP contribution in [0.4, 0.5) is 0 Å². The van der Waals surface area contributed by atoms with Gasteiger partial charge in [0.2, 0.25) is 0 Å². The summed E-state index contributed by atoms with van der Waals surface area (Å²) in [7, 11) is -5.08. The van der Waals surface area contributed by atoms with Crippen LogP contribution in [-0.4, -0.2) is 97.5 Å². The lowest BCUT2D eigenvalue weighted by Crippen LogP contribution is -2.60. The maximum atomic E-state index is 12.9. The number of rotatable bonds is 41. The van der Waals surface area contributed by atoms with Crippen LogP contribution in [0, 0.1) is 0 Å². The van der Waals surface area contributed by atoms with Gasteiger partial charge in [0.25, 0.3) is 0 Å². The fourth-order valence-corrected chi connectivity index (χ4v) is 7.26. The molecule has 0 bridgehead atoms. The Balaban J connectivity index is 2.43. The monoisotopic (exact) mass is 947 g/mol. The first-order valence-corrected chi connectivity index (χ1v) is 26.0. The van der Waals surface area contributed by atoms with E-state index in [9.17, 15) is 33.1 Å². The highest BCUT2D eigenvalue weighted by Crippen LogP contribution is 2.26. The highest BCUT2D eigenvalue weighted by atomic mass is 32.3. The molecule has 0 aliphatic carbocycles. The second-order valence-electron chi connectivity index (χ2n) is 16.3. The summed E-state index contributed by atoms with van der Waals surface area (Å²) < 4.78 is 59.2.